The molecule has 0 unspecified atom stereocenters. The highest BCUT2D eigenvalue weighted by Gasteiger charge is 2.08. The molecule has 7 heteroatoms. The maximum atomic E-state index is 11.8. The quantitative estimate of drug-likeness (QED) is 0.533. The number of benzene rings is 2. The maximum absolute atomic E-state index is 11.8. The lowest BCUT2D eigenvalue weighted by Gasteiger charge is -2.01. The summed E-state index contributed by atoms with van der Waals surface area (Å²) in [6, 6.07) is 11.0. The molecule has 112 valence electrons. The number of aryl methyl sites for hydroxylation is 1. The number of carbonyl (C=O) groups excluding carboxylic acids is 1. The van der Waals surface area contributed by atoms with Gasteiger partial charge in [-0.05, 0) is 25.1 Å². The average Bonchev–Trinajstić information content (AvgIpc) is 2.49. The van der Waals surface area contributed by atoms with Crippen molar-refractivity contribution in [1.82, 2.24) is 5.43 Å². The van der Waals surface area contributed by atoms with Crippen LogP contribution in [-0.2, 0) is 0 Å². The van der Waals surface area contributed by atoms with Gasteiger partial charge < -0.3 is 0 Å². The lowest BCUT2D eigenvalue weighted by Crippen LogP contribution is -2.17. The summed E-state index contributed by atoms with van der Waals surface area (Å²) in [4.78, 5) is 22.0. The number of nitro groups is 1. The number of nitrogens with zero attached hydrogens (tertiary/aromatic N) is 2. The van der Waals surface area contributed by atoms with E-state index in [2.05, 4.69) is 10.5 Å². The molecule has 0 aliphatic rings. The molecule has 0 aromatic heterocycles. The number of hydrogen-bond donors (Lipinski definition) is 1. The molecule has 0 saturated heterocycles. The Kier molecular flexibility index (Phi) is 4.85. The topological polar surface area (TPSA) is 84.6 Å². The molecule has 0 fully saturated rings. The van der Waals surface area contributed by atoms with Crippen molar-refractivity contribution < 1.29 is 9.72 Å². The first-order valence-electron chi connectivity index (χ1n) is 6.31. The third kappa shape index (κ3) is 3.89. The predicted molar refractivity (Wildman–Crippen MR) is 84.3 cm³/mol. The zero-order valence-corrected chi connectivity index (χ0v) is 12.4. The lowest BCUT2D eigenvalue weighted by molar-refractivity contribution is -0.384. The molecule has 0 radical (unpaired) electrons. The highest BCUT2D eigenvalue weighted by molar-refractivity contribution is 6.33. The van der Waals surface area contributed by atoms with Gasteiger partial charge in [-0.2, -0.15) is 5.10 Å². The van der Waals surface area contributed by atoms with E-state index in [0.29, 0.717) is 16.1 Å². The number of amides is 1. The van der Waals surface area contributed by atoms with Gasteiger partial charge in [0.05, 0.1) is 11.1 Å². The minimum absolute atomic E-state index is 0.101. The molecule has 22 heavy (non-hydrogen) atoms. The van der Waals surface area contributed by atoms with Crippen LogP contribution in [0.3, 0.4) is 0 Å². The van der Waals surface area contributed by atoms with Gasteiger partial charge in [0.25, 0.3) is 11.6 Å². The van der Waals surface area contributed by atoms with E-state index >= 15 is 0 Å². The number of nitrogens with one attached hydrogen (secondary N) is 1. The first-order chi connectivity index (χ1) is 10.5. The van der Waals surface area contributed by atoms with E-state index in [9.17, 15) is 14.9 Å². The van der Waals surface area contributed by atoms with Crippen LogP contribution in [-0.4, -0.2) is 17.0 Å². The number of halogens is 1. The molecule has 2 aromatic rings. The first-order valence-corrected chi connectivity index (χ1v) is 6.69. The molecule has 2 aromatic carbocycles. The average molecular weight is 318 g/mol. The Morgan fingerprint density at radius 2 is 1.95 bits per heavy atom. The van der Waals surface area contributed by atoms with Crippen molar-refractivity contribution in [2.45, 2.75) is 6.92 Å². The first kappa shape index (κ1) is 15.7. The lowest BCUT2D eigenvalue weighted by atomic mass is 10.1. The summed E-state index contributed by atoms with van der Waals surface area (Å²) in [5, 5.41) is 14.8. The Morgan fingerprint density at radius 1 is 1.27 bits per heavy atom. The molecule has 0 heterocycles. The molecule has 0 aliphatic heterocycles. The van der Waals surface area contributed by atoms with E-state index in [-0.39, 0.29) is 11.6 Å². The Labute approximate surface area is 131 Å². The number of hydrogen-bond acceptors (Lipinski definition) is 4. The van der Waals surface area contributed by atoms with Gasteiger partial charge in [-0.15, -0.1) is 0 Å². The summed E-state index contributed by atoms with van der Waals surface area (Å²) in [7, 11) is 0. The second kappa shape index (κ2) is 6.82. The Bertz CT molecular complexity index is 742. The second-order valence-electron chi connectivity index (χ2n) is 4.53. The van der Waals surface area contributed by atoms with Crippen molar-refractivity contribution in [2.24, 2.45) is 5.10 Å². The van der Waals surface area contributed by atoms with Crippen LogP contribution in [0.15, 0.2) is 47.6 Å². The van der Waals surface area contributed by atoms with E-state index < -0.39 is 4.92 Å². The molecule has 0 aliphatic carbocycles. The monoisotopic (exact) mass is 317 g/mol. The highest BCUT2D eigenvalue weighted by atomic mass is 35.5. The van der Waals surface area contributed by atoms with Gasteiger partial charge in [0.1, 0.15) is 0 Å². The Hall–Kier alpha value is -2.73. The van der Waals surface area contributed by atoms with Crippen molar-refractivity contribution >= 4 is 29.4 Å². The third-order valence-electron chi connectivity index (χ3n) is 2.87. The number of rotatable bonds is 4. The van der Waals surface area contributed by atoms with Crippen LogP contribution in [0.1, 0.15) is 21.5 Å². The molecule has 0 atom stereocenters. The highest BCUT2D eigenvalue weighted by Crippen LogP contribution is 2.20. The van der Waals surface area contributed by atoms with E-state index in [0.717, 1.165) is 5.56 Å². The van der Waals surface area contributed by atoms with Crippen molar-refractivity contribution in [3.05, 3.63) is 74.3 Å². The van der Waals surface area contributed by atoms with E-state index in [1.807, 2.05) is 19.1 Å². The molecule has 1 amide bonds. The minimum atomic E-state index is -0.529. The zero-order chi connectivity index (χ0) is 16.1. The second-order valence-corrected chi connectivity index (χ2v) is 4.94. The standard InChI is InChI=1S/C15H12ClN3O3/c1-10-2-4-11(5-3-10)15(20)18-17-9-12-8-13(19(21)22)6-7-14(12)16/h2-9H,1H3,(H,18,20)/b17-9+. The molecular weight excluding hydrogens is 306 g/mol. The van der Waals surface area contributed by atoms with Gasteiger partial charge in [-0.3, -0.25) is 14.9 Å². The molecule has 0 saturated carbocycles. The van der Waals surface area contributed by atoms with Gasteiger partial charge in [-0.25, -0.2) is 5.43 Å². The molecule has 2 rings (SSSR count). The van der Waals surface area contributed by atoms with Crippen molar-refractivity contribution in [3.63, 3.8) is 0 Å². The summed E-state index contributed by atoms with van der Waals surface area (Å²) in [5.74, 6) is -0.377. The molecular formula is C15H12ClN3O3. The Balaban J connectivity index is 2.09. The SMILES string of the molecule is Cc1ccc(C(=O)N/N=C/c2cc([N+](=O)[O-])ccc2Cl)cc1. The third-order valence-corrected chi connectivity index (χ3v) is 3.22. The zero-order valence-electron chi connectivity index (χ0n) is 11.6. The molecule has 6 nitrogen and oxygen atoms in total. The minimum Gasteiger partial charge on any atom is -0.267 e. The summed E-state index contributed by atoms with van der Waals surface area (Å²) in [5.41, 5.74) is 4.10. The van der Waals surface area contributed by atoms with Crippen LogP contribution in [0.5, 0.6) is 0 Å². The summed E-state index contributed by atoms with van der Waals surface area (Å²) in [6.07, 6.45) is 1.27. The molecule has 0 bridgehead atoms. The van der Waals surface area contributed by atoms with Crippen molar-refractivity contribution in [3.8, 4) is 0 Å². The fourth-order valence-corrected chi connectivity index (χ4v) is 1.84. The van der Waals surface area contributed by atoms with Crippen LogP contribution < -0.4 is 5.43 Å². The van der Waals surface area contributed by atoms with E-state index in [1.165, 1.54) is 24.4 Å². The van der Waals surface area contributed by atoms with E-state index in [4.69, 9.17) is 11.6 Å². The smallest absolute Gasteiger partial charge is 0.267 e. The number of non-ortho nitro benzene ring substituents is 1. The van der Waals surface area contributed by atoms with Crippen LogP contribution in [0.25, 0.3) is 0 Å². The Morgan fingerprint density at radius 3 is 2.59 bits per heavy atom. The fraction of sp³-hybridized carbons (Fsp3) is 0.0667. The van der Waals surface area contributed by atoms with Crippen LogP contribution >= 0.6 is 11.6 Å². The maximum Gasteiger partial charge on any atom is 0.271 e. The summed E-state index contributed by atoms with van der Waals surface area (Å²) < 4.78 is 0. The summed E-state index contributed by atoms with van der Waals surface area (Å²) >= 11 is 5.92. The van der Waals surface area contributed by atoms with Gasteiger partial charge in [0.15, 0.2) is 0 Å². The van der Waals surface area contributed by atoms with Gasteiger partial charge in [-0.1, -0.05) is 29.3 Å². The van der Waals surface area contributed by atoms with E-state index in [1.54, 1.807) is 12.1 Å². The summed E-state index contributed by atoms with van der Waals surface area (Å²) in [6.45, 7) is 1.92. The van der Waals surface area contributed by atoms with Crippen LogP contribution in [0, 0.1) is 17.0 Å². The molecule has 0 spiro atoms. The van der Waals surface area contributed by atoms with Gasteiger partial charge in [0.2, 0.25) is 0 Å². The van der Waals surface area contributed by atoms with Crippen molar-refractivity contribution in [2.75, 3.05) is 0 Å². The predicted octanol–water partition coefficient (Wildman–Crippen LogP) is 3.32. The van der Waals surface area contributed by atoms with Crippen molar-refractivity contribution in [1.29, 1.82) is 0 Å². The van der Waals surface area contributed by atoms with Crippen LogP contribution in [0.4, 0.5) is 5.69 Å². The fourth-order valence-electron chi connectivity index (χ4n) is 1.67. The number of carbonyl (C=O) groups is 1. The van der Waals surface area contributed by atoms with Gasteiger partial charge >= 0.3 is 0 Å². The molecule has 1 N–H and O–H groups in total. The van der Waals surface area contributed by atoms with Gasteiger partial charge in [0, 0.05) is 28.3 Å². The normalized spacial score (nSPS) is 10.6. The van der Waals surface area contributed by atoms with Crippen LogP contribution in [0.2, 0.25) is 5.02 Å². The number of hydrazone groups is 1. The number of nitro benzene ring substituents is 1. The largest absolute Gasteiger partial charge is 0.271 e.